The minimum Gasteiger partial charge on any atom is -0.316 e. The van der Waals surface area contributed by atoms with Gasteiger partial charge in [0.25, 0.3) is 0 Å². The molecule has 0 bridgehead atoms. The van der Waals surface area contributed by atoms with Gasteiger partial charge in [-0.1, -0.05) is 12.1 Å². The molecule has 4 nitrogen and oxygen atoms in total. The van der Waals surface area contributed by atoms with Crippen LogP contribution in [0.1, 0.15) is 25.5 Å². The fourth-order valence-corrected chi connectivity index (χ4v) is 1.94. The predicted octanol–water partition coefficient (Wildman–Crippen LogP) is 0.746. The van der Waals surface area contributed by atoms with Crippen molar-refractivity contribution in [1.29, 1.82) is 0 Å². The summed E-state index contributed by atoms with van der Waals surface area (Å²) in [5, 5.41) is 11.4. The molecule has 0 spiro atoms. The molecule has 1 N–H and O–H groups in total. The Morgan fingerprint density at radius 3 is 2.79 bits per heavy atom. The normalized spacial score (nSPS) is 20.8. The number of rotatable bonds is 4. The Bertz CT molecular complexity index is 314. The van der Waals surface area contributed by atoms with Crippen molar-refractivity contribution in [3.8, 4) is 0 Å². The third-order valence-electron chi connectivity index (χ3n) is 3.29. The van der Waals surface area contributed by atoms with Crippen molar-refractivity contribution in [3.05, 3.63) is 11.9 Å². The van der Waals surface area contributed by atoms with Gasteiger partial charge in [0.15, 0.2) is 0 Å². The fourth-order valence-electron chi connectivity index (χ4n) is 1.94. The maximum absolute atomic E-state index is 4.12. The van der Waals surface area contributed by atoms with Gasteiger partial charge in [-0.3, -0.25) is 4.68 Å². The Morgan fingerprint density at radius 1 is 1.64 bits per heavy atom. The number of hydrogen-bond acceptors (Lipinski definition) is 3. The molecule has 4 heteroatoms. The van der Waals surface area contributed by atoms with Gasteiger partial charge in [-0.15, -0.1) is 5.10 Å². The second-order valence-electron chi connectivity index (χ2n) is 4.58. The standard InChI is InChI=1S/C10H18N4/c1-10(4-5-10)9(11-2)6-8-7-14(3)13-12-8/h7,9,11H,4-6H2,1-3H3. The zero-order chi connectivity index (χ0) is 10.2. The van der Waals surface area contributed by atoms with E-state index in [9.17, 15) is 0 Å². The molecule has 1 heterocycles. The van der Waals surface area contributed by atoms with E-state index in [1.165, 1.54) is 12.8 Å². The first kappa shape index (κ1) is 9.65. The summed E-state index contributed by atoms with van der Waals surface area (Å²) < 4.78 is 1.76. The third kappa shape index (κ3) is 1.80. The number of aryl methyl sites for hydroxylation is 1. The molecule has 0 amide bonds. The topological polar surface area (TPSA) is 42.7 Å². The van der Waals surface area contributed by atoms with E-state index in [0.717, 1.165) is 12.1 Å². The summed E-state index contributed by atoms with van der Waals surface area (Å²) in [7, 11) is 3.94. The summed E-state index contributed by atoms with van der Waals surface area (Å²) in [4.78, 5) is 0. The number of hydrogen-bond donors (Lipinski definition) is 1. The van der Waals surface area contributed by atoms with Crippen LogP contribution < -0.4 is 5.32 Å². The van der Waals surface area contributed by atoms with Crippen molar-refractivity contribution in [3.63, 3.8) is 0 Å². The van der Waals surface area contributed by atoms with Crippen LogP contribution in [0.5, 0.6) is 0 Å². The van der Waals surface area contributed by atoms with E-state index in [2.05, 4.69) is 22.6 Å². The monoisotopic (exact) mass is 194 g/mol. The number of nitrogens with zero attached hydrogens (tertiary/aromatic N) is 3. The molecular weight excluding hydrogens is 176 g/mol. The first-order valence-electron chi connectivity index (χ1n) is 5.16. The molecule has 0 aromatic carbocycles. The molecule has 1 aromatic rings. The van der Waals surface area contributed by atoms with Crippen LogP contribution in [0.15, 0.2) is 6.20 Å². The lowest BCUT2D eigenvalue weighted by molar-refractivity contribution is 0.373. The molecule has 0 saturated heterocycles. The van der Waals surface area contributed by atoms with Crippen LogP contribution >= 0.6 is 0 Å². The second kappa shape index (κ2) is 3.35. The summed E-state index contributed by atoms with van der Waals surface area (Å²) in [5.74, 6) is 0. The molecule has 78 valence electrons. The van der Waals surface area contributed by atoms with E-state index in [4.69, 9.17) is 0 Å². The summed E-state index contributed by atoms with van der Waals surface area (Å²) >= 11 is 0. The molecule has 1 atom stereocenters. The second-order valence-corrected chi connectivity index (χ2v) is 4.58. The van der Waals surface area contributed by atoms with E-state index in [0.29, 0.717) is 11.5 Å². The van der Waals surface area contributed by atoms with Crippen molar-refractivity contribution in [1.82, 2.24) is 20.3 Å². The molecule has 1 aliphatic rings. The lowest BCUT2D eigenvalue weighted by Crippen LogP contribution is -2.35. The Morgan fingerprint density at radius 2 is 2.36 bits per heavy atom. The summed E-state index contributed by atoms with van der Waals surface area (Å²) in [5.41, 5.74) is 1.58. The van der Waals surface area contributed by atoms with Crippen LogP contribution in [0.2, 0.25) is 0 Å². The zero-order valence-corrected chi connectivity index (χ0v) is 9.12. The molecule has 1 aromatic heterocycles. The Hall–Kier alpha value is -0.900. The number of aromatic nitrogens is 3. The van der Waals surface area contributed by atoms with Crippen LogP contribution in [0.25, 0.3) is 0 Å². The summed E-state index contributed by atoms with van der Waals surface area (Å²) in [6.07, 6.45) is 5.65. The van der Waals surface area contributed by atoms with Crippen molar-refractivity contribution in [2.45, 2.75) is 32.2 Å². The van der Waals surface area contributed by atoms with E-state index in [-0.39, 0.29) is 0 Å². The lowest BCUT2D eigenvalue weighted by atomic mass is 9.95. The summed E-state index contributed by atoms with van der Waals surface area (Å²) in [6.45, 7) is 2.34. The third-order valence-corrected chi connectivity index (χ3v) is 3.29. The molecule has 14 heavy (non-hydrogen) atoms. The van der Waals surface area contributed by atoms with Gasteiger partial charge in [0, 0.05) is 25.7 Å². The van der Waals surface area contributed by atoms with Gasteiger partial charge in [0.05, 0.1) is 5.69 Å². The van der Waals surface area contributed by atoms with Crippen molar-refractivity contribution in [2.75, 3.05) is 7.05 Å². The molecule has 0 radical (unpaired) electrons. The van der Waals surface area contributed by atoms with Gasteiger partial charge in [0.1, 0.15) is 0 Å². The minimum atomic E-state index is 0.492. The van der Waals surface area contributed by atoms with E-state index in [1.54, 1.807) is 4.68 Å². The average Bonchev–Trinajstić information content (AvgIpc) is 2.76. The molecule has 1 fully saturated rings. The van der Waals surface area contributed by atoms with Crippen LogP contribution in [-0.4, -0.2) is 28.1 Å². The first-order chi connectivity index (χ1) is 6.64. The van der Waals surface area contributed by atoms with Crippen LogP contribution in [-0.2, 0) is 13.5 Å². The molecule has 1 unspecified atom stereocenters. The number of likely N-dealkylation sites (N-methyl/N-ethyl adjacent to an activating group) is 1. The molecule has 0 aliphatic heterocycles. The van der Waals surface area contributed by atoms with Gasteiger partial charge in [-0.2, -0.15) is 0 Å². The maximum atomic E-state index is 4.12. The molecule has 1 saturated carbocycles. The largest absolute Gasteiger partial charge is 0.316 e. The Labute approximate surface area is 84.7 Å². The van der Waals surface area contributed by atoms with Crippen molar-refractivity contribution >= 4 is 0 Å². The first-order valence-corrected chi connectivity index (χ1v) is 5.16. The highest BCUT2D eigenvalue weighted by Gasteiger charge is 2.44. The predicted molar refractivity (Wildman–Crippen MR) is 54.9 cm³/mol. The van der Waals surface area contributed by atoms with Gasteiger partial charge in [0.2, 0.25) is 0 Å². The highest BCUT2D eigenvalue weighted by atomic mass is 15.4. The lowest BCUT2D eigenvalue weighted by Gasteiger charge is -2.21. The smallest absolute Gasteiger partial charge is 0.0842 e. The maximum Gasteiger partial charge on any atom is 0.0842 e. The fraction of sp³-hybridized carbons (Fsp3) is 0.800. The van der Waals surface area contributed by atoms with Gasteiger partial charge >= 0.3 is 0 Å². The average molecular weight is 194 g/mol. The Kier molecular flexibility index (Phi) is 2.31. The van der Waals surface area contributed by atoms with Crippen molar-refractivity contribution < 1.29 is 0 Å². The van der Waals surface area contributed by atoms with E-state index in [1.807, 2.05) is 20.3 Å². The SMILES string of the molecule is CNC(Cc1cn(C)nn1)C1(C)CC1. The van der Waals surface area contributed by atoms with E-state index >= 15 is 0 Å². The van der Waals surface area contributed by atoms with Crippen LogP contribution in [0, 0.1) is 5.41 Å². The Balaban J connectivity index is 2.01. The summed E-state index contributed by atoms with van der Waals surface area (Å²) in [6, 6.07) is 0.541. The van der Waals surface area contributed by atoms with Gasteiger partial charge < -0.3 is 5.32 Å². The van der Waals surface area contributed by atoms with Crippen LogP contribution in [0.4, 0.5) is 0 Å². The van der Waals surface area contributed by atoms with Gasteiger partial charge in [-0.25, -0.2) is 0 Å². The highest BCUT2D eigenvalue weighted by molar-refractivity contribution is 5.05. The van der Waals surface area contributed by atoms with Crippen molar-refractivity contribution in [2.24, 2.45) is 12.5 Å². The zero-order valence-electron chi connectivity index (χ0n) is 9.12. The number of nitrogens with one attached hydrogen (secondary N) is 1. The molecule has 2 rings (SSSR count). The van der Waals surface area contributed by atoms with E-state index < -0.39 is 0 Å². The molecular formula is C10H18N4. The highest BCUT2D eigenvalue weighted by Crippen LogP contribution is 2.48. The molecule has 1 aliphatic carbocycles. The minimum absolute atomic E-state index is 0.492. The quantitative estimate of drug-likeness (QED) is 0.769. The van der Waals surface area contributed by atoms with Crippen LogP contribution in [0.3, 0.4) is 0 Å². The van der Waals surface area contributed by atoms with Gasteiger partial charge in [-0.05, 0) is 25.3 Å².